The predicted octanol–water partition coefficient (Wildman–Crippen LogP) is 3.57. The van der Waals surface area contributed by atoms with E-state index in [1.165, 1.54) is 0 Å². The molecule has 0 aliphatic heterocycles. The molecule has 3 heteroatoms. The number of aryl methyl sites for hydroxylation is 1. The molecule has 0 aliphatic rings. The van der Waals surface area contributed by atoms with Gasteiger partial charge in [0, 0.05) is 21.3 Å². The molecule has 2 aromatic rings. The van der Waals surface area contributed by atoms with E-state index >= 15 is 0 Å². The number of ketones is 1. The predicted molar refractivity (Wildman–Crippen MR) is 73.2 cm³/mol. The maximum Gasteiger partial charge on any atom is 0.193 e. The molecule has 2 aromatic carbocycles. The second-order valence-corrected chi connectivity index (χ2v) is 4.83. The number of halogens is 1. The Balaban J connectivity index is 2.40. The van der Waals surface area contributed by atoms with Crippen LogP contribution in [-0.4, -0.2) is 5.78 Å². The summed E-state index contributed by atoms with van der Waals surface area (Å²) in [4.78, 5) is 12.2. The topological polar surface area (TPSA) is 43.1 Å². The zero-order chi connectivity index (χ0) is 12.4. The molecule has 0 amide bonds. The molecule has 2 rings (SSSR count). The van der Waals surface area contributed by atoms with E-state index < -0.39 is 0 Å². The van der Waals surface area contributed by atoms with Crippen molar-refractivity contribution in [3.8, 4) is 0 Å². The van der Waals surface area contributed by atoms with E-state index in [0.717, 1.165) is 10.0 Å². The van der Waals surface area contributed by atoms with Gasteiger partial charge in [0.05, 0.1) is 0 Å². The summed E-state index contributed by atoms with van der Waals surface area (Å²) in [5.74, 6) is 0.00870. The Labute approximate surface area is 109 Å². The van der Waals surface area contributed by atoms with Gasteiger partial charge in [-0.25, -0.2) is 0 Å². The maximum absolute atomic E-state index is 12.2. The Kier molecular flexibility index (Phi) is 3.29. The number of benzene rings is 2. The van der Waals surface area contributed by atoms with Gasteiger partial charge in [-0.2, -0.15) is 0 Å². The summed E-state index contributed by atoms with van der Waals surface area (Å²) in [6, 6.07) is 12.7. The second-order valence-electron chi connectivity index (χ2n) is 3.91. The zero-order valence-corrected chi connectivity index (χ0v) is 11.0. The molecule has 0 aromatic heterocycles. The first-order valence-corrected chi connectivity index (χ1v) is 6.03. The smallest absolute Gasteiger partial charge is 0.193 e. The lowest BCUT2D eigenvalue weighted by Gasteiger charge is -2.05. The summed E-state index contributed by atoms with van der Waals surface area (Å²) in [5.41, 5.74) is 8.69. The van der Waals surface area contributed by atoms with Crippen LogP contribution in [0.2, 0.25) is 0 Å². The Bertz CT molecular complexity index is 578. The lowest BCUT2D eigenvalue weighted by molar-refractivity contribution is 0.103. The number of hydrogen-bond donors (Lipinski definition) is 1. The number of nitrogen functional groups attached to an aromatic ring is 1. The van der Waals surface area contributed by atoms with Crippen LogP contribution in [0.25, 0.3) is 0 Å². The Morgan fingerprint density at radius 2 is 1.82 bits per heavy atom. The van der Waals surface area contributed by atoms with Crippen molar-refractivity contribution in [1.29, 1.82) is 0 Å². The second kappa shape index (κ2) is 4.72. The Hall–Kier alpha value is -1.61. The van der Waals surface area contributed by atoms with Gasteiger partial charge in [0.1, 0.15) is 0 Å². The van der Waals surface area contributed by atoms with Crippen LogP contribution in [0.3, 0.4) is 0 Å². The number of nitrogens with two attached hydrogens (primary N) is 1. The quantitative estimate of drug-likeness (QED) is 0.678. The first-order valence-electron chi connectivity index (χ1n) is 5.24. The van der Waals surface area contributed by atoms with Gasteiger partial charge in [-0.3, -0.25) is 4.79 Å². The van der Waals surface area contributed by atoms with Crippen molar-refractivity contribution in [2.75, 3.05) is 5.73 Å². The van der Waals surface area contributed by atoms with E-state index in [1.807, 2.05) is 31.2 Å². The SMILES string of the molecule is Cc1cc(C(=O)c2cccc(Br)c2)ccc1N. The average Bonchev–Trinajstić information content (AvgIpc) is 2.32. The van der Waals surface area contributed by atoms with Gasteiger partial charge < -0.3 is 5.73 Å². The Morgan fingerprint density at radius 1 is 1.12 bits per heavy atom. The van der Waals surface area contributed by atoms with Crippen LogP contribution in [0.5, 0.6) is 0 Å². The number of anilines is 1. The van der Waals surface area contributed by atoms with Crippen LogP contribution >= 0.6 is 15.9 Å². The monoisotopic (exact) mass is 289 g/mol. The first kappa shape index (κ1) is 11.9. The molecule has 86 valence electrons. The van der Waals surface area contributed by atoms with Crippen molar-refractivity contribution in [2.24, 2.45) is 0 Å². The highest BCUT2D eigenvalue weighted by Gasteiger charge is 2.09. The van der Waals surface area contributed by atoms with Crippen molar-refractivity contribution in [3.05, 3.63) is 63.6 Å². The third kappa shape index (κ3) is 2.56. The molecule has 0 atom stereocenters. The molecule has 0 heterocycles. The van der Waals surface area contributed by atoms with Crippen LogP contribution in [0.4, 0.5) is 5.69 Å². The normalized spacial score (nSPS) is 10.2. The summed E-state index contributed by atoms with van der Waals surface area (Å²) in [6.07, 6.45) is 0. The molecule has 0 saturated heterocycles. The van der Waals surface area contributed by atoms with E-state index in [2.05, 4.69) is 15.9 Å². The highest BCUT2D eigenvalue weighted by molar-refractivity contribution is 9.10. The molecule has 0 saturated carbocycles. The van der Waals surface area contributed by atoms with Gasteiger partial charge in [0.15, 0.2) is 5.78 Å². The van der Waals surface area contributed by atoms with Crippen molar-refractivity contribution < 1.29 is 4.79 Å². The molecule has 0 fully saturated rings. The largest absolute Gasteiger partial charge is 0.399 e. The highest BCUT2D eigenvalue weighted by atomic mass is 79.9. The third-order valence-electron chi connectivity index (χ3n) is 2.62. The van der Waals surface area contributed by atoms with Gasteiger partial charge in [-0.1, -0.05) is 28.1 Å². The third-order valence-corrected chi connectivity index (χ3v) is 3.11. The molecule has 2 N–H and O–H groups in total. The van der Waals surface area contributed by atoms with E-state index in [4.69, 9.17) is 5.73 Å². The minimum atomic E-state index is 0.00870. The lowest BCUT2D eigenvalue weighted by atomic mass is 10.0. The molecule has 0 bridgehead atoms. The number of carbonyl (C=O) groups is 1. The van der Waals surface area contributed by atoms with Crippen molar-refractivity contribution in [3.63, 3.8) is 0 Å². The fourth-order valence-electron chi connectivity index (χ4n) is 1.61. The zero-order valence-electron chi connectivity index (χ0n) is 9.41. The molecule has 17 heavy (non-hydrogen) atoms. The van der Waals surface area contributed by atoms with E-state index in [0.29, 0.717) is 16.8 Å². The highest BCUT2D eigenvalue weighted by Crippen LogP contribution is 2.18. The average molecular weight is 290 g/mol. The van der Waals surface area contributed by atoms with Crippen LogP contribution in [0.1, 0.15) is 21.5 Å². The van der Waals surface area contributed by atoms with Gasteiger partial charge in [0.25, 0.3) is 0 Å². The lowest BCUT2D eigenvalue weighted by Crippen LogP contribution is -2.02. The van der Waals surface area contributed by atoms with Crippen LogP contribution in [0, 0.1) is 6.92 Å². The van der Waals surface area contributed by atoms with Crippen molar-refractivity contribution in [1.82, 2.24) is 0 Å². The molecule has 0 spiro atoms. The molecular formula is C14H12BrNO. The first-order chi connectivity index (χ1) is 8.08. The van der Waals surface area contributed by atoms with E-state index in [-0.39, 0.29) is 5.78 Å². The number of hydrogen-bond acceptors (Lipinski definition) is 2. The Morgan fingerprint density at radius 3 is 2.47 bits per heavy atom. The van der Waals surface area contributed by atoms with E-state index in [9.17, 15) is 4.79 Å². The minimum absolute atomic E-state index is 0.00870. The molecule has 0 radical (unpaired) electrons. The van der Waals surface area contributed by atoms with Gasteiger partial charge in [-0.05, 0) is 42.8 Å². The van der Waals surface area contributed by atoms with Gasteiger partial charge in [0.2, 0.25) is 0 Å². The number of rotatable bonds is 2. The van der Waals surface area contributed by atoms with Crippen LogP contribution in [0.15, 0.2) is 46.9 Å². The summed E-state index contributed by atoms with van der Waals surface area (Å²) in [7, 11) is 0. The molecule has 0 unspecified atom stereocenters. The minimum Gasteiger partial charge on any atom is -0.399 e. The summed E-state index contributed by atoms with van der Waals surface area (Å²) in [6.45, 7) is 1.90. The standard InChI is InChI=1S/C14H12BrNO/c1-9-7-11(5-6-13(9)16)14(17)10-3-2-4-12(15)8-10/h2-8H,16H2,1H3. The summed E-state index contributed by atoms with van der Waals surface area (Å²) in [5, 5.41) is 0. The van der Waals surface area contributed by atoms with Crippen LogP contribution < -0.4 is 5.73 Å². The van der Waals surface area contributed by atoms with Crippen LogP contribution in [-0.2, 0) is 0 Å². The maximum atomic E-state index is 12.2. The summed E-state index contributed by atoms with van der Waals surface area (Å²) < 4.78 is 0.899. The van der Waals surface area contributed by atoms with Crippen molar-refractivity contribution >= 4 is 27.4 Å². The molecular weight excluding hydrogens is 278 g/mol. The summed E-state index contributed by atoms with van der Waals surface area (Å²) >= 11 is 3.36. The fraction of sp³-hybridized carbons (Fsp3) is 0.0714. The van der Waals surface area contributed by atoms with Gasteiger partial charge >= 0.3 is 0 Å². The van der Waals surface area contributed by atoms with Crippen molar-refractivity contribution in [2.45, 2.75) is 6.92 Å². The van der Waals surface area contributed by atoms with Gasteiger partial charge in [-0.15, -0.1) is 0 Å². The fourth-order valence-corrected chi connectivity index (χ4v) is 2.01. The number of carbonyl (C=O) groups excluding carboxylic acids is 1. The molecule has 0 aliphatic carbocycles. The molecule has 2 nitrogen and oxygen atoms in total. The van der Waals surface area contributed by atoms with E-state index in [1.54, 1.807) is 18.2 Å².